The molecule has 2 heterocycles. The molecule has 0 aliphatic rings. The van der Waals surface area contributed by atoms with Crippen LogP contribution in [-0.4, -0.2) is 15.1 Å². The summed E-state index contributed by atoms with van der Waals surface area (Å²) in [6, 6.07) is 0. The highest BCUT2D eigenvalue weighted by Crippen LogP contribution is 2.20. The van der Waals surface area contributed by atoms with Crippen LogP contribution in [0.25, 0.3) is 0 Å². The van der Waals surface area contributed by atoms with E-state index in [1.165, 1.54) is 0 Å². The first-order valence-corrected chi connectivity index (χ1v) is 6.00. The maximum atomic E-state index is 9.82. The van der Waals surface area contributed by atoms with Crippen molar-refractivity contribution in [2.75, 3.05) is 0 Å². The van der Waals surface area contributed by atoms with Gasteiger partial charge in [-0.2, -0.15) is 0 Å². The highest BCUT2D eigenvalue weighted by Gasteiger charge is 2.12. The molecule has 1 N–H and O–H groups in total. The summed E-state index contributed by atoms with van der Waals surface area (Å²) >= 11 is 3.11. The molecule has 0 bridgehead atoms. The molecule has 0 aliphatic carbocycles. The third kappa shape index (κ3) is 2.17. The van der Waals surface area contributed by atoms with E-state index >= 15 is 0 Å². The Morgan fingerprint density at radius 2 is 2.36 bits per heavy atom. The molecule has 3 nitrogen and oxygen atoms in total. The Balaban J connectivity index is 2.06. The molecule has 1 unspecified atom stereocenters. The highest BCUT2D eigenvalue weighted by molar-refractivity contribution is 7.09. The first-order valence-electron chi connectivity index (χ1n) is 4.24. The number of aliphatic hydroxyl groups is 1. The number of rotatable bonds is 3. The summed E-state index contributed by atoms with van der Waals surface area (Å²) in [6.07, 6.45) is 1.78. The van der Waals surface area contributed by atoms with Crippen LogP contribution in [0.15, 0.2) is 17.0 Å². The van der Waals surface area contributed by atoms with Crippen molar-refractivity contribution in [2.45, 2.75) is 19.4 Å². The molecular weight excluding hydrogens is 216 g/mol. The van der Waals surface area contributed by atoms with Crippen molar-refractivity contribution in [2.24, 2.45) is 0 Å². The third-order valence-corrected chi connectivity index (χ3v) is 3.42. The van der Waals surface area contributed by atoms with Gasteiger partial charge in [0, 0.05) is 23.4 Å². The molecular formula is C9H10N2OS2. The molecule has 1 atom stereocenters. The van der Waals surface area contributed by atoms with Crippen LogP contribution in [0.3, 0.4) is 0 Å². The van der Waals surface area contributed by atoms with Gasteiger partial charge in [0.25, 0.3) is 0 Å². The van der Waals surface area contributed by atoms with E-state index < -0.39 is 6.10 Å². The highest BCUT2D eigenvalue weighted by atomic mass is 32.1. The fourth-order valence-corrected chi connectivity index (χ4v) is 2.47. The second-order valence-electron chi connectivity index (χ2n) is 2.94. The fraction of sp³-hybridized carbons (Fsp3) is 0.333. The van der Waals surface area contributed by atoms with Gasteiger partial charge in [-0.15, -0.1) is 22.7 Å². The van der Waals surface area contributed by atoms with E-state index in [-0.39, 0.29) is 0 Å². The minimum absolute atomic E-state index is 0.522. The first kappa shape index (κ1) is 9.76. The zero-order chi connectivity index (χ0) is 9.97. The quantitative estimate of drug-likeness (QED) is 0.872. The van der Waals surface area contributed by atoms with Gasteiger partial charge in [0.15, 0.2) is 0 Å². The molecule has 74 valence electrons. The van der Waals surface area contributed by atoms with Gasteiger partial charge < -0.3 is 5.11 Å². The normalized spacial score (nSPS) is 13.0. The monoisotopic (exact) mass is 226 g/mol. The Bertz CT molecular complexity index is 397. The van der Waals surface area contributed by atoms with E-state index in [0.29, 0.717) is 6.42 Å². The lowest BCUT2D eigenvalue weighted by Gasteiger charge is -2.04. The van der Waals surface area contributed by atoms with Crippen LogP contribution >= 0.6 is 22.7 Å². The molecule has 14 heavy (non-hydrogen) atoms. The minimum atomic E-state index is -0.522. The first-order chi connectivity index (χ1) is 6.75. The maximum absolute atomic E-state index is 9.82. The lowest BCUT2D eigenvalue weighted by molar-refractivity contribution is 0.174. The largest absolute Gasteiger partial charge is 0.386 e. The average Bonchev–Trinajstić information content (AvgIpc) is 2.75. The molecule has 0 spiro atoms. The van der Waals surface area contributed by atoms with E-state index in [1.807, 2.05) is 17.7 Å². The number of aromatic nitrogens is 2. The van der Waals surface area contributed by atoms with E-state index in [2.05, 4.69) is 9.97 Å². The van der Waals surface area contributed by atoms with Gasteiger partial charge in [0.1, 0.15) is 6.10 Å². The van der Waals surface area contributed by atoms with Gasteiger partial charge >= 0.3 is 0 Å². The van der Waals surface area contributed by atoms with Crippen molar-refractivity contribution in [1.82, 2.24) is 9.97 Å². The molecule has 0 aliphatic heterocycles. The van der Waals surface area contributed by atoms with Crippen LogP contribution in [0.4, 0.5) is 0 Å². The molecule has 0 saturated heterocycles. The smallest absolute Gasteiger partial charge is 0.103 e. The zero-order valence-electron chi connectivity index (χ0n) is 7.67. The number of nitrogens with zero attached hydrogens (tertiary/aromatic N) is 2. The standard InChI is InChI=1S/C9H10N2OS2/c1-6-11-7(5-14-6)8(12)4-9-10-2-3-13-9/h2-3,5,8,12H,4H2,1H3. The molecule has 2 aromatic rings. The Labute approximate surface area is 90.1 Å². The molecule has 0 aromatic carbocycles. The molecule has 2 aromatic heterocycles. The Kier molecular flexibility index (Phi) is 2.90. The summed E-state index contributed by atoms with van der Waals surface area (Å²) in [5, 5.41) is 15.6. The van der Waals surface area contributed by atoms with Crippen molar-refractivity contribution < 1.29 is 5.11 Å². The van der Waals surface area contributed by atoms with Crippen LogP contribution in [0.5, 0.6) is 0 Å². The summed E-state index contributed by atoms with van der Waals surface area (Å²) in [4.78, 5) is 8.36. The maximum Gasteiger partial charge on any atom is 0.103 e. The molecule has 5 heteroatoms. The van der Waals surface area contributed by atoms with E-state index in [4.69, 9.17) is 0 Å². The minimum Gasteiger partial charge on any atom is -0.386 e. The van der Waals surface area contributed by atoms with Gasteiger partial charge in [-0.05, 0) is 6.92 Å². The van der Waals surface area contributed by atoms with Crippen LogP contribution in [-0.2, 0) is 6.42 Å². The zero-order valence-corrected chi connectivity index (χ0v) is 9.31. The summed E-state index contributed by atoms with van der Waals surface area (Å²) in [7, 11) is 0. The summed E-state index contributed by atoms with van der Waals surface area (Å²) in [5.74, 6) is 0. The van der Waals surface area contributed by atoms with Crippen molar-refractivity contribution in [3.63, 3.8) is 0 Å². The molecule has 0 radical (unpaired) electrons. The van der Waals surface area contributed by atoms with Crippen molar-refractivity contribution in [3.05, 3.63) is 32.7 Å². The molecule has 0 saturated carbocycles. The molecule has 2 rings (SSSR count). The van der Waals surface area contributed by atoms with E-state index in [1.54, 1.807) is 28.9 Å². The Morgan fingerprint density at radius 1 is 1.50 bits per heavy atom. The Morgan fingerprint density at radius 3 is 2.93 bits per heavy atom. The van der Waals surface area contributed by atoms with Gasteiger partial charge in [0.05, 0.1) is 15.7 Å². The van der Waals surface area contributed by atoms with Gasteiger partial charge in [0.2, 0.25) is 0 Å². The lowest BCUT2D eigenvalue weighted by Crippen LogP contribution is -2.01. The van der Waals surface area contributed by atoms with Crippen molar-refractivity contribution in [3.8, 4) is 0 Å². The predicted molar refractivity (Wildman–Crippen MR) is 57.6 cm³/mol. The second kappa shape index (κ2) is 4.16. The SMILES string of the molecule is Cc1nc(C(O)Cc2nccs2)cs1. The number of hydrogen-bond acceptors (Lipinski definition) is 5. The van der Waals surface area contributed by atoms with Crippen LogP contribution < -0.4 is 0 Å². The number of hydrogen-bond donors (Lipinski definition) is 1. The van der Waals surface area contributed by atoms with Gasteiger partial charge in [-0.3, -0.25) is 0 Å². The number of aryl methyl sites for hydroxylation is 1. The molecule has 0 fully saturated rings. The van der Waals surface area contributed by atoms with Crippen molar-refractivity contribution in [1.29, 1.82) is 0 Å². The van der Waals surface area contributed by atoms with Crippen LogP contribution in [0.2, 0.25) is 0 Å². The molecule has 0 amide bonds. The van der Waals surface area contributed by atoms with Gasteiger partial charge in [-0.1, -0.05) is 0 Å². The summed E-state index contributed by atoms with van der Waals surface area (Å²) in [6.45, 7) is 1.93. The van der Waals surface area contributed by atoms with E-state index in [0.717, 1.165) is 15.7 Å². The predicted octanol–water partition coefficient (Wildman–Crippen LogP) is 2.18. The lowest BCUT2D eigenvalue weighted by atomic mass is 10.2. The number of thiazole rings is 2. The Hall–Kier alpha value is -0.780. The van der Waals surface area contributed by atoms with Crippen molar-refractivity contribution >= 4 is 22.7 Å². The topological polar surface area (TPSA) is 46.0 Å². The second-order valence-corrected chi connectivity index (χ2v) is 4.98. The average molecular weight is 226 g/mol. The fourth-order valence-electron chi connectivity index (χ4n) is 1.16. The van der Waals surface area contributed by atoms with Gasteiger partial charge in [-0.25, -0.2) is 9.97 Å². The third-order valence-electron chi connectivity index (χ3n) is 1.83. The van der Waals surface area contributed by atoms with Crippen LogP contribution in [0, 0.1) is 6.92 Å². The van der Waals surface area contributed by atoms with E-state index in [9.17, 15) is 5.11 Å². The summed E-state index contributed by atoms with van der Waals surface area (Å²) in [5.41, 5.74) is 0.753. The summed E-state index contributed by atoms with van der Waals surface area (Å²) < 4.78 is 0. The number of aliphatic hydroxyl groups excluding tert-OH is 1. The van der Waals surface area contributed by atoms with Crippen LogP contribution in [0.1, 0.15) is 21.8 Å².